The first-order valence-electron chi connectivity index (χ1n) is 5.32. The molecular weight excluding hydrogens is 295 g/mol. The van der Waals surface area contributed by atoms with E-state index in [1.54, 1.807) is 0 Å². The van der Waals surface area contributed by atoms with Crippen LogP contribution in [0.25, 0.3) is 0 Å². The number of anilines is 1. The number of rotatable bonds is 2. The van der Waals surface area contributed by atoms with Crippen molar-refractivity contribution in [2.45, 2.75) is 6.04 Å². The van der Waals surface area contributed by atoms with Gasteiger partial charge in [-0.15, -0.1) is 11.8 Å². The lowest BCUT2D eigenvalue weighted by Crippen LogP contribution is -2.43. The predicted molar refractivity (Wildman–Crippen MR) is 71.0 cm³/mol. The molecule has 0 unspecified atom stereocenters. The number of urea groups is 1. The number of hydrogen-bond donors (Lipinski definition) is 2. The summed E-state index contributed by atoms with van der Waals surface area (Å²) in [7, 11) is 0. The van der Waals surface area contributed by atoms with E-state index in [9.17, 15) is 14.0 Å². The van der Waals surface area contributed by atoms with Gasteiger partial charge in [0.15, 0.2) is 0 Å². The van der Waals surface area contributed by atoms with Gasteiger partial charge in [-0.2, -0.15) is 0 Å². The maximum absolute atomic E-state index is 13.2. The third-order valence-corrected chi connectivity index (χ3v) is 3.92. The number of aliphatic carboxylic acids is 1. The summed E-state index contributed by atoms with van der Waals surface area (Å²) in [4.78, 5) is 24.1. The lowest BCUT2D eigenvalue weighted by atomic mass is 10.3. The number of carbonyl (C=O) groups excluding carboxylic acids is 1. The number of thioether (sulfide) groups is 1. The van der Waals surface area contributed by atoms with Gasteiger partial charge in [0.05, 0.1) is 10.9 Å². The van der Waals surface area contributed by atoms with Crippen molar-refractivity contribution in [1.82, 2.24) is 4.90 Å². The number of nitrogens with zero attached hydrogens (tertiary/aromatic N) is 1. The highest BCUT2D eigenvalue weighted by molar-refractivity contribution is 7.99. The molecule has 1 fully saturated rings. The summed E-state index contributed by atoms with van der Waals surface area (Å²) in [5.41, 5.74) is 0.230. The SMILES string of the molecule is O=C(O)[C@@H]1CSCN1C(=O)Nc1ccc(Cl)c(F)c1. The van der Waals surface area contributed by atoms with E-state index in [1.165, 1.54) is 28.8 Å². The maximum atomic E-state index is 13.2. The van der Waals surface area contributed by atoms with Crippen LogP contribution in [0.2, 0.25) is 5.02 Å². The number of hydrogen-bond acceptors (Lipinski definition) is 3. The van der Waals surface area contributed by atoms with E-state index in [0.29, 0.717) is 11.6 Å². The molecule has 1 saturated heterocycles. The normalized spacial score (nSPS) is 18.4. The average Bonchev–Trinajstić information content (AvgIpc) is 2.83. The van der Waals surface area contributed by atoms with Crippen LogP contribution in [0.3, 0.4) is 0 Å². The van der Waals surface area contributed by atoms with Crippen LogP contribution >= 0.6 is 23.4 Å². The fraction of sp³-hybridized carbons (Fsp3) is 0.273. The Morgan fingerprint density at radius 3 is 2.89 bits per heavy atom. The van der Waals surface area contributed by atoms with Crippen LogP contribution in [0.15, 0.2) is 18.2 Å². The van der Waals surface area contributed by atoms with Gasteiger partial charge in [-0.3, -0.25) is 0 Å². The van der Waals surface area contributed by atoms with Crippen molar-refractivity contribution in [2.75, 3.05) is 16.9 Å². The fourth-order valence-electron chi connectivity index (χ4n) is 1.62. The molecule has 2 amide bonds. The summed E-state index contributed by atoms with van der Waals surface area (Å²) in [5.74, 6) is -1.07. The van der Waals surface area contributed by atoms with E-state index in [2.05, 4.69) is 5.32 Å². The lowest BCUT2D eigenvalue weighted by Gasteiger charge is -2.20. The largest absolute Gasteiger partial charge is 0.480 e. The number of nitrogens with one attached hydrogen (secondary N) is 1. The first-order chi connectivity index (χ1) is 8.99. The molecule has 1 aromatic rings. The highest BCUT2D eigenvalue weighted by Gasteiger charge is 2.34. The van der Waals surface area contributed by atoms with Crippen LogP contribution in [-0.2, 0) is 4.79 Å². The van der Waals surface area contributed by atoms with Gasteiger partial charge in [0.1, 0.15) is 11.9 Å². The van der Waals surface area contributed by atoms with Crippen molar-refractivity contribution in [3.8, 4) is 0 Å². The number of carbonyl (C=O) groups is 2. The molecule has 1 atom stereocenters. The number of carboxylic acids is 1. The Hall–Kier alpha value is -1.47. The molecule has 0 aromatic heterocycles. The molecule has 0 spiro atoms. The highest BCUT2D eigenvalue weighted by Crippen LogP contribution is 2.23. The quantitative estimate of drug-likeness (QED) is 0.880. The molecule has 1 aliphatic rings. The second kappa shape index (κ2) is 5.66. The molecule has 1 heterocycles. The topological polar surface area (TPSA) is 69.6 Å². The molecule has 5 nitrogen and oxygen atoms in total. The standard InChI is InChI=1S/C11H10ClFN2O3S/c12-7-2-1-6(3-8(7)13)14-11(18)15-5-19-4-9(15)10(16)17/h1-3,9H,4-5H2,(H,14,18)(H,16,17)/t9-/m0/s1. The number of carboxylic acid groups (broad SMARTS) is 1. The van der Waals surface area contributed by atoms with E-state index >= 15 is 0 Å². The molecule has 0 radical (unpaired) electrons. The Kier molecular flexibility index (Phi) is 4.16. The van der Waals surface area contributed by atoms with Crippen molar-refractivity contribution in [3.05, 3.63) is 29.0 Å². The summed E-state index contributed by atoms with van der Waals surface area (Å²) < 4.78 is 13.2. The Morgan fingerprint density at radius 2 is 2.26 bits per heavy atom. The minimum absolute atomic E-state index is 0.0434. The molecule has 102 valence electrons. The predicted octanol–water partition coefficient (Wildman–Crippen LogP) is 2.47. The smallest absolute Gasteiger partial charge is 0.327 e. The Labute approximate surface area is 117 Å². The molecule has 8 heteroatoms. The Balaban J connectivity index is 2.08. The molecule has 0 aliphatic carbocycles. The fourth-order valence-corrected chi connectivity index (χ4v) is 2.88. The van der Waals surface area contributed by atoms with Crippen LogP contribution in [0.4, 0.5) is 14.9 Å². The van der Waals surface area contributed by atoms with Crippen molar-refractivity contribution in [2.24, 2.45) is 0 Å². The molecule has 0 bridgehead atoms. The van der Waals surface area contributed by atoms with E-state index in [0.717, 1.165) is 6.07 Å². The minimum atomic E-state index is -1.05. The van der Waals surface area contributed by atoms with E-state index in [1.807, 2.05) is 0 Å². The third-order valence-electron chi connectivity index (χ3n) is 2.60. The monoisotopic (exact) mass is 304 g/mol. The zero-order valence-electron chi connectivity index (χ0n) is 9.60. The average molecular weight is 305 g/mol. The van der Waals surface area contributed by atoms with Crippen LogP contribution in [-0.4, -0.2) is 39.7 Å². The number of halogens is 2. The van der Waals surface area contributed by atoms with E-state index in [-0.39, 0.29) is 10.7 Å². The molecule has 0 saturated carbocycles. The van der Waals surface area contributed by atoms with Crippen LogP contribution < -0.4 is 5.32 Å². The first kappa shape index (κ1) is 14.0. The van der Waals surface area contributed by atoms with Gasteiger partial charge in [-0.1, -0.05) is 11.6 Å². The summed E-state index contributed by atoms with van der Waals surface area (Å²) in [6.45, 7) is 0. The molecular formula is C11H10ClFN2O3S. The van der Waals surface area contributed by atoms with Crippen LogP contribution in [0, 0.1) is 5.82 Å². The van der Waals surface area contributed by atoms with Crippen molar-refractivity contribution < 1.29 is 19.1 Å². The molecule has 1 aliphatic heterocycles. The third kappa shape index (κ3) is 3.10. The van der Waals surface area contributed by atoms with Crippen molar-refractivity contribution in [3.63, 3.8) is 0 Å². The summed E-state index contributed by atoms with van der Waals surface area (Å²) >= 11 is 6.88. The zero-order chi connectivity index (χ0) is 14.0. The number of amides is 2. The van der Waals surface area contributed by atoms with Gasteiger partial charge in [-0.05, 0) is 18.2 Å². The van der Waals surface area contributed by atoms with Gasteiger partial charge in [0.25, 0.3) is 0 Å². The summed E-state index contributed by atoms with van der Waals surface area (Å²) in [6, 6.07) is 2.42. The van der Waals surface area contributed by atoms with Gasteiger partial charge >= 0.3 is 12.0 Å². The first-order valence-corrected chi connectivity index (χ1v) is 6.85. The molecule has 1 aromatic carbocycles. The molecule has 19 heavy (non-hydrogen) atoms. The summed E-state index contributed by atoms with van der Waals surface area (Å²) in [6.07, 6.45) is 0. The van der Waals surface area contributed by atoms with Gasteiger partial charge in [0, 0.05) is 11.4 Å². The van der Waals surface area contributed by atoms with Gasteiger partial charge in [0.2, 0.25) is 0 Å². The zero-order valence-corrected chi connectivity index (χ0v) is 11.2. The molecule has 2 N–H and O–H groups in total. The Bertz CT molecular complexity index is 529. The van der Waals surface area contributed by atoms with Crippen molar-refractivity contribution >= 4 is 41.1 Å². The lowest BCUT2D eigenvalue weighted by molar-refractivity contribution is -0.140. The number of benzene rings is 1. The van der Waals surface area contributed by atoms with Gasteiger partial charge in [-0.25, -0.2) is 14.0 Å². The minimum Gasteiger partial charge on any atom is -0.480 e. The summed E-state index contributed by atoms with van der Waals surface area (Å²) in [5, 5.41) is 11.4. The highest BCUT2D eigenvalue weighted by atomic mass is 35.5. The van der Waals surface area contributed by atoms with Gasteiger partial charge < -0.3 is 15.3 Å². The van der Waals surface area contributed by atoms with Crippen LogP contribution in [0.5, 0.6) is 0 Å². The van der Waals surface area contributed by atoms with Crippen LogP contribution in [0.1, 0.15) is 0 Å². The second-order valence-corrected chi connectivity index (χ2v) is 5.29. The van der Waals surface area contributed by atoms with Crippen molar-refractivity contribution in [1.29, 1.82) is 0 Å². The van der Waals surface area contributed by atoms with E-state index in [4.69, 9.17) is 16.7 Å². The maximum Gasteiger partial charge on any atom is 0.327 e. The second-order valence-electron chi connectivity index (χ2n) is 3.88. The van der Waals surface area contributed by atoms with E-state index < -0.39 is 23.9 Å². The molecule has 2 rings (SSSR count). The Morgan fingerprint density at radius 1 is 1.53 bits per heavy atom.